The predicted molar refractivity (Wildman–Crippen MR) is 386 cm³/mol. The topological polar surface area (TPSA) is 10.9 Å². The Morgan fingerprint density at radius 3 is 1.36 bits per heavy atom. The van der Waals surface area contributed by atoms with Crippen molar-refractivity contribution in [3.8, 4) is 33.4 Å². The molecule has 0 bridgehead atoms. The van der Waals surface area contributed by atoms with Crippen LogP contribution < -0.4 is 9.80 Å². The van der Waals surface area contributed by atoms with Gasteiger partial charge in [0, 0.05) is 85.8 Å². The summed E-state index contributed by atoms with van der Waals surface area (Å²) in [6, 6.07) is 95.3. The van der Waals surface area contributed by atoms with Gasteiger partial charge in [0.05, 0.1) is 43.0 Å². The number of rotatable bonds is 6. The first-order chi connectivity index (χ1) is 43.9. The van der Waals surface area contributed by atoms with Gasteiger partial charge in [-0.25, -0.2) is 0 Å². The molecule has 0 N–H and O–H groups in total. The molecular weight excluding hydrogens is 1130 g/mol. The predicted octanol–water partition coefficient (Wildman–Crippen LogP) is 24.6. The highest BCUT2D eigenvalue weighted by Gasteiger charge is 2.41. The lowest BCUT2D eigenvalue weighted by molar-refractivity contribution is 0.660. The molecule has 426 valence electrons. The number of aromatic nitrogens is 1. The number of hydrogen-bond acceptors (Lipinski definition) is 4. The number of hydrogen-bond donors (Lipinski definition) is 0. The molecule has 3 aliphatic carbocycles. The molecule has 0 amide bonds. The largest absolute Gasteiger partial charge is 0.309 e. The minimum Gasteiger partial charge on any atom is -0.309 e. The second-order valence-electron chi connectivity index (χ2n) is 27.1. The molecule has 4 heterocycles. The highest BCUT2D eigenvalue weighted by atomic mass is 32.1. The monoisotopic (exact) mass is 1190 g/mol. The molecule has 5 heteroatoms. The van der Waals surface area contributed by atoms with E-state index in [4.69, 9.17) is 0 Å². The van der Waals surface area contributed by atoms with E-state index in [1.807, 2.05) is 22.7 Å². The summed E-state index contributed by atoms with van der Waals surface area (Å²) in [5, 5.41) is 12.9. The van der Waals surface area contributed by atoms with E-state index >= 15 is 0 Å². The van der Waals surface area contributed by atoms with E-state index < -0.39 is 0 Å². The van der Waals surface area contributed by atoms with Gasteiger partial charge in [0.1, 0.15) is 0 Å². The van der Waals surface area contributed by atoms with Crippen molar-refractivity contribution < 1.29 is 0 Å². The Hall–Kier alpha value is -10.0. The summed E-state index contributed by atoms with van der Waals surface area (Å²) >= 11 is 3.80. The van der Waals surface area contributed by atoms with Crippen LogP contribution in [0.25, 0.3) is 123 Å². The molecule has 4 aromatic heterocycles. The second kappa shape index (κ2) is 17.6. The molecule has 20 rings (SSSR count). The molecule has 0 unspecified atom stereocenters. The minimum atomic E-state index is -0.328. The maximum Gasteiger partial charge on any atom is 0.0641 e. The van der Waals surface area contributed by atoms with Gasteiger partial charge in [-0.3, -0.25) is 0 Å². The van der Waals surface area contributed by atoms with E-state index in [9.17, 15) is 0 Å². The maximum atomic E-state index is 2.60. The lowest BCUT2D eigenvalue weighted by atomic mass is 9.79. The summed E-state index contributed by atoms with van der Waals surface area (Å²) in [6.07, 6.45) is 0. The number of benzene rings is 13. The molecule has 0 spiro atoms. The maximum absolute atomic E-state index is 2.60. The summed E-state index contributed by atoms with van der Waals surface area (Å²) in [6.45, 7) is 14.5. The van der Waals surface area contributed by atoms with Gasteiger partial charge in [0.2, 0.25) is 0 Å². The van der Waals surface area contributed by atoms with Crippen LogP contribution in [0.5, 0.6) is 0 Å². The van der Waals surface area contributed by atoms with Crippen LogP contribution in [0.15, 0.2) is 249 Å². The molecule has 17 aromatic rings. The van der Waals surface area contributed by atoms with Crippen molar-refractivity contribution in [1.29, 1.82) is 0 Å². The van der Waals surface area contributed by atoms with Gasteiger partial charge in [-0.2, -0.15) is 0 Å². The van der Waals surface area contributed by atoms with E-state index in [-0.39, 0.29) is 16.2 Å². The third-order valence-corrected chi connectivity index (χ3v) is 23.9. The molecule has 0 aliphatic heterocycles. The van der Waals surface area contributed by atoms with Crippen LogP contribution in [0.4, 0.5) is 34.1 Å². The molecule has 0 saturated carbocycles. The van der Waals surface area contributed by atoms with Crippen molar-refractivity contribution in [2.24, 2.45) is 0 Å². The first-order valence-corrected chi connectivity index (χ1v) is 33.3. The minimum absolute atomic E-state index is 0.146. The molecule has 0 saturated heterocycles. The van der Waals surface area contributed by atoms with Crippen molar-refractivity contribution in [2.45, 2.75) is 57.8 Å². The van der Waals surface area contributed by atoms with Crippen molar-refractivity contribution >= 4 is 146 Å². The lowest BCUT2D eigenvalue weighted by Gasteiger charge is -2.30. The Morgan fingerprint density at radius 1 is 0.289 bits per heavy atom. The quantitative estimate of drug-likeness (QED) is 0.164. The van der Waals surface area contributed by atoms with Crippen LogP contribution in [0.3, 0.4) is 0 Å². The van der Waals surface area contributed by atoms with Crippen molar-refractivity contribution in [3.05, 3.63) is 282 Å². The van der Waals surface area contributed by atoms with Crippen LogP contribution in [0.2, 0.25) is 0 Å². The number of para-hydroxylation sites is 1. The zero-order chi connectivity index (χ0) is 59.8. The van der Waals surface area contributed by atoms with E-state index in [1.54, 1.807) is 0 Å². The third kappa shape index (κ3) is 6.48. The van der Waals surface area contributed by atoms with Gasteiger partial charge >= 0.3 is 0 Å². The average molecular weight is 1190 g/mol. The zero-order valence-corrected chi connectivity index (χ0v) is 52.5. The van der Waals surface area contributed by atoms with Crippen LogP contribution in [-0.2, 0) is 16.2 Å². The number of anilines is 6. The van der Waals surface area contributed by atoms with Gasteiger partial charge in [-0.15, -0.1) is 22.7 Å². The van der Waals surface area contributed by atoms with Crippen molar-refractivity contribution in [2.75, 3.05) is 9.80 Å². The molecule has 0 radical (unpaired) electrons. The second-order valence-corrected chi connectivity index (χ2v) is 29.2. The fourth-order valence-corrected chi connectivity index (χ4v) is 19.8. The molecule has 0 atom stereocenters. The fourth-order valence-electron chi connectivity index (χ4n) is 17.4. The highest BCUT2D eigenvalue weighted by Crippen LogP contribution is 2.59. The molecule has 3 nitrogen and oxygen atoms in total. The van der Waals surface area contributed by atoms with Crippen molar-refractivity contribution in [1.82, 2.24) is 4.40 Å². The van der Waals surface area contributed by atoms with Gasteiger partial charge in [-0.05, 0) is 156 Å². The fraction of sp³-hybridized carbons (Fsp3) is 0.106. The van der Waals surface area contributed by atoms with E-state index in [1.165, 1.54) is 179 Å². The summed E-state index contributed by atoms with van der Waals surface area (Å²) < 4.78 is 7.78. The smallest absolute Gasteiger partial charge is 0.0641 e. The standard InChI is InChI=1S/C85H59N3S2/c1-83(2)65-26-12-7-19-51(65)53-36-33-48(45-67(53)83)86(73-29-17-24-61-56-21-10-15-31-75(56)89-81(61)73)49-34-38-55-59-40-39-58-60(79(59)85(5,6)69(55)46-49)41-43-71-77(58)64-42-44-72(78-63-23-9-14-28-70(63)88(71)80(64)78)87(74-30-18-25-62-57-22-11-16-32-76(57)90-82(62)74)50-35-37-54-52-20-8-13-27-66(52)84(3,4)68(54)47-50/h7-47H,1-6H3. The lowest BCUT2D eigenvalue weighted by Crippen LogP contribution is -2.18. The normalized spacial score (nSPS) is 14.8. The Bertz CT molecular complexity index is 6040. The summed E-state index contributed by atoms with van der Waals surface area (Å²) in [4.78, 5) is 5.16. The summed E-state index contributed by atoms with van der Waals surface area (Å²) in [7, 11) is 0. The number of nitrogens with zero attached hydrogens (tertiary/aromatic N) is 3. The Morgan fingerprint density at radius 2 is 0.744 bits per heavy atom. The van der Waals surface area contributed by atoms with Gasteiger partial charge in [0.25, 0.3) is 0 Å². The van der Waals surface area contributed by atoms with Crippen molar-refractivity contribution in [3.63, 3.8) is 0 Å². The van der Waals surface area contributed by atoms with E-state index in [0.717, 1.165) is 11.4 Å². The van der Waals surface area contributed by atoms with Gasteiger partial charge in [-0.1, -0.05) is 211 Å². The number of fused-ring (bicyclic) bond motifs is 24. The highest BCUT2D eigenvalue weighted by molar-refractivity contribution is 7.26. The Labute approximate surface area is 529 Å². The molecule has 90 heavy (non-hydrogen) atoms. The third-order valence-electron chi connectivity index (χ3n) is 21.5. The molecular formula is C85H59N3S2. The first kappa shape index (κ1) is 50.9. The van der Waals surface area contributed by atoms with Gasteiger partial charge in [0.15, 0.2) is 0 Å². The van der Waals surface area contributed by atoms with Crippen LogP contribution >= 0.6 is 22.7 Å². The SMILES string of the molecule is CC1(C)c2ccccc2-c2ccc(N(c3ccc4c(c3)C(C)(C)c3c-4ccc4c3ccc3c4c4ccc(N(c5ccc6c(c5)C(C)(C)c5ccccc5-6)c5cccc6c5sc5ccccc56)c5c6ccccc6n3c45)c3cccc4c3sc3ccccc34)cc21. The molecule has 0 fully saturated rings. The number of thiophene rings is 2. The average Bonchev–Trinajstić information content (AvgIpc) is 1.65. The van der Waals surface area contributed by atoms with Crippen LogP contribution in [0, 0.1) is 0 Å². The Kier molecular flexibility index (Phi) is 9.98. The van der Waals surface area contributed by atoms with Crippen LogP contribution in [-0.4, -0.2) is 4.40 Å². The molecule has 13 aromatic carbocycles. The van der Waals surface area contributed by atoms with E-state index in [0.29, 0.717) is 0 Å². The zero-order valence-electron chi connectivity index (χ0n) is 50.8. The Balaban J connectivity index is 0.780. The van der Waals surface area contributed by atoms with Gasteiger partial charge < -0.3 is 14.2 Å². The summed E-state index contributed by atoms with van der Waals surface area (Å²) in [5.74, 6) is 0. The van der Waals surface area contributed by atoms with Crippen LogP contribution in [0.1, 0.15) is 74.9 Å². The van der Waals surface area contributed by atoms with E-state index in [2.05, 4.69) is 304 Å². The first-order valence-electron chi connectivity index (χ1n) is 31.6. The molecule has 3 aliphatic rings. The summed E-state index contributed by atoms with van der Waals surface area (Å²) in [5.41, 5.74) is 26.3.